The molecule has 2 fully saturated rings. The standard InChI is InChI=1S/C14H19N3O4S/c15-10-14-7-3-4-11(8-14)9-16(14)22(20,21)13-6-2-1-5-12(13)17(18)19/h1-2,5-6,11H,3-4,7-10,15H2. The van der Waals surface area contributed by atoms with Crippen LogP contribution in [0.4, 0.5) is 5.69 Å². The Bertz CT molecular complexity index is 706. The zero-order valence-electron chi connectivity index (χ0n) is 12.1. The number of nitrogens with two attached hydrogens (primary N) is 1. The summed E-state index contributed by atoms with van der Waals surface area (Å²) in [6, 6.07) is 5.51. The maximum Gasteiger partial charge on any atom is 0.289 e. The largest absolute Gasteiger partial charge is 0.329 e. The molecule has 1 aliphatic carbocycles. The van der Waals surface area contributed by atoms with Gasteiger partial charge in [0, 0.05) is 24.7 Å². The third kappa shape index (κ3) is 2.22. The summed E-state index contributed by atoms with van der Waals surface area (Å²) in [4.78, 5) is 10.3. The summed E-state index contributed by atoms with van der Waals surface area (Å²) in [6.07, 6.45) is 3.42. The summed E-state index contributed by atoms with van der Waals surface area (Å²) >= 11 is 0. The van der Waals surface area contributed by atoms with Gasteiger partial charge < -0.3 is 5.73 Å². The monoisotopic (exact) mass is 325 g/mol. The van der Waals surface area contributed by atoms with E-state index in [1.165, 1.54) is 28.6 Å². The van der Waals surface area contributed by atoms with Crippen LogP contribution < -0.4 is 5.73 Å². The maximum atomic E-state index is 13.0. The third-order valence-electron chi connectivity index (χ3n) is 4.89. The van der Waals surface area contributed by atoms with Gasteiger partial charge in [-0.2, -0.15) is 4.31 Å². The SMILES string of the molecule is NCC12CCCC(CN1S(=O)(=O)c1ccccc1[N+](=O)[O-])C2. The predicted octanol–water partition coefficient (Wildman–Crippen LogP) is 1.49. The molecule has 2 aliphatic rings. The van der Waals surface area contributed by atoms with Crippen molar-refractivity contribution in [1.82, 2.24) is 4.31 Å². The zero-order valence-corrected chi connectivity index (χ0v) is 13.0. The van der Waals surface area contributed by atoms with Crippen molar-refractivity contribution in [3.8, 4) is 0 Å². The fourth-order valence-corrected chi connectivity index (χ4v) is 5.91. The van der Waals surface area contributed by atoms with E-state index in [1.54, 1.807) is 0 Å². The molecule has 120 valence electrons. The fraction of sp³-hybridized carbons (Fsp3) is 0.571. The molecule has 1 saturated carbocycles. The lowest BCUT2D eigenvalue weighted by molar-refractivity contribution is -0.387. The van der Waals surface area contributed by atoms with Crippen LogP contribution in [-0.4, -0.2) is 36.3 Å². The van der Waals surface area contributed by atoms with E-state index in [9.17, 15) is 18.5 Å². The van der Waals surface area contributed by atoms with Gasteiger partial charge in [0.25, 0.3) is 5.69 Å². The fourth-order valence-electron chi connectivity index (χ4n) is 3.86. The summed E-state index contributed by atoms with van der Waals surface area (Å²) in [6.45, 7) is 0.662. The van der Waals surface area contributed by atoms with Crippen LogP contribution in [0.1, 0.15) is 25.7 Å². The average molecular weight is 325 g/mol. The number of rotatable bonds is 4. The number of fused-ring (bicyclic) bond motifs is 2. The number of hydrogen-bond acceptors (Lipinski definition) is 5. The van der Waals surface area contributed by atoms with Crippen molar-refractivity contribution in [3.05, 3.63) is 34.4 Å². The van der Waals surface area contributed by atoms with Gasteiger partial charge in [-0.1, -0.05) is 18.6 Å². The molecule has 7 nitrogen and oxygen atoms in total. The van der Waals surface area contributed by atoms with Crippen molar-refractivity contribution in [2.45, 2.75) is 36.1 Å². The normalized spacial score (nSPS) is 28.7. The third-order valence-corrected chi connectivity index (χ3v) is 6.90. The molecule has 1 saturated heterocycles. The van der Waals surface area contributed by atoms with Crippen molar-refractivity contribution < 1.29 is 13.3 Å². The molecule has 0 spiro atoms. The lowest BCUT2D eigenvalue weighted by Crippen LogP contribution is -2.52. The first-order chi connectivity index (χ1) is 10.4. The van der Waals surface area contributed by atoms with E-state index < -0.39 is 20.5 Å². The van der Waals surface area contributed by atoms with E-state index in [-0.39, 0.29) is 17.1 Å². The minimum absolute atomic E-state index is 0.236. The zero-order chi connectivity index (χ0) is 16.0. The Morgan fingerprint density at radius 1 is 1.41 bits per heavy atom. The van der Waals surface area contributed by atoms with Crippen LogP contribution in [0.3, 0.4) is 0 Å². The number of sulfonamides is 1. The van der Waals surface area contributed by atoms with Crippen LogP contribution in [0, 0.1) is 16.0 Å². The lowest BCUT2D eigenvalue weighted by atomic mass is 9.80. The molecule has 1 aromatic carbocycles. The summed E-state index contributed by atoms with van der Waals surface area (Å²) in [7, 11) is -3.93. The van der Waals surface area contributed by atoms with Gasteiger partial charge in [0.05, 0.1) is 4.92 Å². The second-order valence-electron chi connectivity index (χ2n) is 6.15. The van der Waals surface area contributed by atoms with E-state index in [1.807, 2.05) is 0 Å². The highest BCUT2D eigenvalue weighted by molar-refractivity contribution is 7.89. The van der Waals surface area contributed by atoms with Gasteiger partial charge in [-0.3, -0.25) is 10.1 Å². The Labute approximate surface area is 129 Å². The highest BCUT2D eigenvalue weighted by atomic mass is 32.2. The molecular formula is C14H19N3O4S. The molecule has 1 heterocycles. The van der Waals surface area contributed by atoms with Crippen LogP contribution in [0.5, 0.6) is 0 Å². The number of nitro benzene ring substituents is 1. The van der Waals surface area contributed by atoms with Gasteiger partial charge in [-0.15, -0.1) is 0 Å². The molecule has 1 aromatic rings. The molecular weight excluding hydrogens is 306 g/mol. The topological polar surface area (TPSA) is 107 Å². The van der Waals surface area contributed by atoms with Crippen LogP contribution in [0.2, 0.25) is 0 Å². The molecule has 3 rings (SSSR count). The van der Waals surface area contributed by atoms with Gasteiger partial charge in [-0.25, -0.2) is 8.42 Å². The van der Waals surface area contributed by atoms with Gasteiger partial charge in [0.1, 0.15) is 0 Å². The molecule has 0 amide bonds. The molecule has 2 bridgehead atoms. The predicted molar refractivity (Wildman–Crippen MR) is 80.7 cm³/mol. The minimum atomic E-state index is -3.93. The summed E-state index contributed by atoms with van der Waals surface area (Å²) < 4.78 is 27.5. The molecule has 2 unspecified atom stereocenters. The average Bonchev–Trinajstić information content (AvgIpc) is 2.79. The van der Waals surface area contributed by atoms with Crippen molar-refractivity contribution in [3.63, 3.8) is 0 Å². The van der Waals surface area contributed by atoms with E-state index in [2.05, 4.69) is 0 Å². The van der Waals surface area contributed by atoms with Crippen molar-refractivity contribution in [1.29, 1.82) is 0 Å². The van der Waals surface area contributed by atoms with Crippen molar-refractivity contribution in [2.24, 2.45) is 11.7 Å². The van der Waals surface area contributed by atoms with Crippen molar-refractivity contribution >= 4 is 15.7 Å². The number of nitrogens with zero attached hydrogens (tertiary/aromatic N) is 2. The first kappa shape index (κ1) is 15.4. The second kappa shape index (κ2) is 5.29. The molecule has 0 aromatic heterocycles. The maximum absolute atomic E-state index is 13.0. The molecule has 8 heteroatoms. The van der Waals surface area contributed by atoms with Gasteiger partial charge in [0.15, 0.2) is 4.90 Å². The molecule has 22 heavy (non-hydrogen) atoms. The van der Waals surface area contributed by atoms with Gasteiger partial charge >= 0.3 is 0 Å². The van der Waals surface area contributed by atoms with Gasteiger partial charge in [-0.05, 0) is 31.2 Å². The second-order valence-corrected chi connectivity index (χ2v) is 7.98. The van der Waals surface area contributed by atoms with E-state index in [0.717, 1.165) is 25.7 Å². The van der Waals surface area contributed by atoms with Crippen LogP contribution in [-0.2, 0) is 10.0 Å². The first-order valence-corrected chi connectivity index (χ1v) is 8.81. The first-order valence-electron chi connectivity index (χ1n) is 7.37. The number of para-hydroxylation sites is 1. The Balaban J connectivity index is 2.09. The molecule has 0 radical (unpaired) electrons. The Kier molecular flexibility index (Phi) is 3.70. The summed E-state index contributed by atoms with van der Waals surface area (Å²) in [5, 5.41) is 11.2. The van der Waals surface area contributed by atoms with E-state index in [4.69, 9.17) is 5.73 Å². The van der Waals surface area contributed by atoms with Crippen LogP contribution in [0.25, 0.3) is 0 Å². The van der Waals surface area contributed by atoms with E-state index >= 15 is 0 Å². The highest BCUT2D eigenvalue weighted by Crippen LogP contribution is 2.46. The number of nitro groups is 1. The highest BCUT2D eigenvalue weighted by Gasteiger charge is 2.53. The smallest absolute Gasteiger partial charge is 0.289 e. The van der Waals surface area contributed by atoms with E-state index in [0.29, 0.717) is 12.5 Å². The van der Waals surface area contributed by atoms with Crippen LogP contribution >= 0.6 is 0 Å². The summed E-state index contributed by atoms with van der Waals surface area (Å²) in [5.74, 6) is 0.301. The van der Waals surface area contributed by atoms with Crippen LogP contribution in [0.15, 0.2) is 29.2 Å². The Morgan fingerprint density at radius 3 is 2.82 bits per heavy atom. The quantitative estimate of drug-likeness (QED) is 0.666. The lowest BCUT2D eigenvalue weighted by Gasteiger charge is -2.37. The molecule has 2 atom stereocenters. The minimum Gasteiger partial charge on any atom is -0.329 e. The Hall–Kier alpha value is -1.51. The van der Waals surface area contributed by atoms with Crippen molar-refractivity contribution in [2.75, 3.05) is 13.1 Å². The molecule has 1 aliphatic heterocycles. The number of hydrogen-bond donors (Lipinski definition) is 1. The summed E-state index contributed by atoms with van der Waals surface area (Å²) in [5.41, 5.74) is 4.94. The molecule has 2 N–H and O–H groups in total. The number of benzene rings is 1. The van der Waals surface area contributed by atoms with Gasteiger partial charge in [0.2, 0.25) is 10.0 Å². The Morgan fingerprint density at radius 2 is 2.14 bits per heavy atom.